The van der Waals surface area contributed by atoms with E-state index in [9.17, 15) is 4.79 Å². The minimum atomic E-state index is -0.443. The maximum absolute atomic E-state index is 12.2. The van der Waals surface area contributed by atoms with E-state index in [0.717, 1.165) is 0 Å². The molecule has 2 rings (SSSR count). The summed E-state index contributed by atoms with van der Waals surface area (Å²) in [7, 11) is 1.48. The van der Waals surface area contributed by atoms with Crippen LogP contribution in [0.5, 0.6) is 0 Å². The first-order chi connectivity index (χ1) is 9.54. The van der Waals surface area contributed by atoms with Crippen molar-refractivity contribution < 1.29 is 9.32 Å². The number of nitrogens with two attached hydrogens (primary N) is 1. The van der Waals surface area contributed by atoms with Crippen molar-refractivity contribution in [3.05, 3.63) is 40.6 Å². The molecule has 2 aromatic rings. The zero-order valence-corrected chi connectivity index (χ0v) is 11.7. The molecule has 0 aliphatic heterocycles. The maximum Gasteiger partial charge on any atom is 0.263 e. The fraction of sp³-hybridized carbons (Fsp3) is 0.154. The normalized spacial score (nSPS) is 11.4. The van der Waals surface area contributed by atoms with Crippen LogP contribution in [0, 0.1) is 6.92 Å². The Kier molecular flexibility index (Phi) is 4.05. The lowest BCUT2D eigenvalue weighted by molar-refractivity contribution is 0.0975. The highest BCUT2D eigenvalue weighted by atomic mass is 35.5. The number of hydrogen-bond acceptors (Lipinski definition) is 4. The van der Waals surface area contributed by atoms with Gasteiger partial charge < -0.3 is 10.3 Å². The van der Waals surface area contributed by atoms with Gasteiger partial charge in [0.2, 0.25) is 0 Å². The van der Waals surface area contributed by atoms with Crippen LogP contribution in [-0.2, 0) is 0 Å². The molecular weight excluding hydrogens is 280 g/mol. The van der Waals surface area contributed by atoms with Crippen LogP contribution < -0.4 is 11.1 Å². The number of carbonyl (C=O) groups excluding carboxylic acids is 1. The van der Waals surface area contributed by atoms with Crippen LogP contribution in [0.1, 0.15) is 16.1 Å². The average molecular weight is 293 g/mol. The van der Waals surface area contributed by atoms with Crippen LogP contribution in [0.15, 0.2) is 33.8 Å². The molecule has 0 bridgehead atoms. The number of amides is 1. The number of aliphatic imine (C=N–C) groups is 1. The summed E-state index contributed by atoms with van der Waals surface area (Å²) >= 11 is 6.12. The van der Waals surface area contributed by atoms with Gasteiger partial charge in [-0.1, -0.05) is 35.0 Å². The predicted octanol–water partition coefficient (Wildman–Crippen LogP) is 1.98. The fourth-order valence-corrected chi connectivity index (χ4v) is 1.94. The molecule has 0 aliphatic rings. The number of carbonyl (C=O) groups is 1. The minimum absolute atomic E-state index is 0.0145. The van der Waals surface area contributed by atoms with Gasteiger partial charge in [0.25, 0.3) is 5.91 Å². The Hall–Kier alpha value is -2.34. The molecule has 104 valence electrons. The van der Waals surface area contributed by atoms with Crippen molar-refractivity contribution in [2.24, 2.45) is 10.7 Å². The number of halogens is 1. The molecule has 0 saturated carbocycles. The van der Waals surface area contributed by atoms with Crippen molar-refractivity contribution in [1.82, 2.24) is 10.5 Å². The summed E-state index contributed by atoms with van der Waals surface area (Å²) in [5, 5.41) is 6.83. The van der Waals surface area contributed by atoms with Crippen LogP contribution >= 0.6 is 11.6 Å². The zero-order chi connectivity index (χ0) is 14.7. The average Bonchev–Trinajstić information content (AvgIpc) is 2.81. The van der Waals surface area contributed by atoms with Crippen molar-refractivity contribution in [2.45, 2.75) is 6.92 Å². The summed E-state index contributed by atoms with van der Waals surface area (Å²) in [5.41, 5.74) is 6.76. The molecule has 1 aromatic carbocycles. The lowest BCUT2D eigenvalue weighted by Crippen LogP contribution is -2.36. The molecule has 1 heterocycles. The largest absolute Gasteiger partial charge is 0.370 e. The van der Waals surface area contributed by atoms with E-state index in [1.165, 1.54) is 7.05 Å². The number of guanidine groups is 1. The monoisotopic (exact) mass is 292 g/mol. The fourth-order valence-electron chi connectivity index (χ4n) is 1.71. The summed E-state index contributed by atoms with van der Waals surface area (Å²) < 4.78 is 5.09. The SMILES string of the molecule is CN=C(N)NC(=O)c1c(-c2ccccc2Cl)noc1C. The maximum atomic E-state index is 12.2. The predicted molar refractivity (Wildman–Crippen MR) is 76.7 cm³/mol. The second kappa shape index (κ2) is 5.75. The van der Waals surface area contributed by atoms with E-state index in [-0.39, 0.29) is 11.5 Å². The van der Waals surface area contributed by atoms with Crippen LogP contribution in [0.2, 0.25) is 5.02 Å². The molecule has 20 heavy (non-hydrogen) atoms. The van der Waals surface area contributed by atoms with E-state index >= 15 is 0 Å². The minimum Gasteiger partial charge on any atom is -0.370 e. The molecule has 7 heteroatoms. The number of benzene rings is 1. The van der Waals surface area contributed by atoms with Crippen molar-refractivity contribution in [3.63, 3.8) is 0 Å². The van der Waals surface area contributed by atoms with Gasteiger partial charge in [0, 0.05) is 12.6 Å². The summed E-state index contributed by atoms with van der Waals surface area (Å²) in [4.78, 5) is 15.9. The number of hydrogen-bond donors (Lipinski definition) is 2. The number of rotatable bonds is 2. The van der Waals surface area contributed by atoms with E-state index in [1.54, 1.807) is 31.2 Å². The van der Waals surface area contributed by atoms with E-state index in [1.807, 2.05) is 0 Å². The van der Waals surface area contributed by atoms with Crippen LogP contribution in [0.4, 0.5) is 0 Å². The lowest BCUT2D eigenvalue weighted by atomic mass is 10.1. The summed E-state index contributed by atoms with van der Waals surface area (Å²) in [6.07, 6.45) is 0. The summed E-state index contributed by atoms with van der Waals surface area (Å²) in [6, 6.07) is 7.06. The smallest absolute Gasteiger partial charge is 0.263 e. The standard InChI is InChI=1S/C13H13ClN4O2/c1-7-10(12(19)17-13(15)16-2)11(18-20-7)8-5-3-4-6-9(8)14/h3-6H,1-2H3,(H3,15,16,17,19). The first kappa shape index (κ1) is 14.1. The first-order valence-corrected chi connectivity index (χ1v) is 6.17. The summed E-state index contributed by atoms with van der Waals surface area (Å²) in [6.45, 7) is 1.64. The van der Waals surface area contributed by atoms with Crippen molar-refractivity contribution in [3.8, 4) is 11.3 Å². The quantitative estimate of drug-likeness (QED) is 0.654. The Bertz CT molecular complexity index is 679. The van der Waals surface area contributed by atoms with Gasteiger partial charge in [-0.3, -0.25) is 15.1 Å². The van der Waals surface area contributed by atoms with Gasteiger partial charge in [0.1, 0.15) is 17.0 Å². The number of nitrogens with zero attached hydrogens (tertiary/aromatic N) is 2. The van der Waals surface area contributed by atoms with Gasteiger partial charge in [-0.2, -0.15) is 0 Å². The molecule has 1 amide bonds. The Morgan fingerprint density at radius 1 is 1.45 bits per heavy atom. The van der Waals surface area contributed by atoms with Gasteiger partial charge in [-0.05, 0) is 13.0 Å². The second-order valence-corrected chi connectivity index (χ2v) is 4.41. The highest BCUT2D eigenvalue weighted by molar-refractivity contribution is 6.33. The van der Waals surface area contributed by atoms with Gasteiger partial charge in [-0.25, -0.2) is 0 Å². The van der Waals surface area contributed by atoms with Crippen LogP contribution in [0.25, 0.3) is 11.3 Å². The van der Waals surface area contributed by atoms with Gasteiger partial charge in [0.15, 0.2) is 5.96 Å². The van der Waals surface area contributed by atoms with Gasteiger partial charge in [0.05, 0.1) is 5.02 Å². The number of aromatic nitrogens is 1. The third-order valence-corrected chi connectivity index (χ3v) is 3.03. The molecule has 3 N–H and O–H groups in total. The number of nitrogens with one attached hydrogen (secondary N) is 1. The Labute approximate surface area is 120 Å². The van der Waals surface area contributed by atoms with E-state index < -0.39 is 5.91 Å². The molecule has 0 unspecified atom stereocenters. The van der Waals surface area contributed by atoms with E-state index in [0.29, 0.717) is 22.0 Å². The molecule has 0 radical (unpaired) electrons. The van der Waals surface area contributed by atoms with Gasteiger partial charge >= 0.3 is 0 Å². The van der Waals surface area contributed by atoms with Crippen molar-refractivity contribution >= 4 is 23.5 Å². The third-order valence-electron chi connectivity index (χ3n) is 2.70. The molecule has 1 aromatic heterocycles. The highest BCUT2D eigenvalue weighted by Gasteiger charge is 2.23. The molecule has 6 nitrogen and oxygen atoms in total. The Morgan fingerprint density at radius 2 is 2.15 bits per heavy atom. The van der Waals surface area contributed by atoms with E-state index in [2.05, 4.69) is 15.5 Å². The summed E-state index contributed by atoms with van der Waals surface area (Å²) in [5.74, 6) is -0.0520. The molecule has 0 fully saturated rings. The molecule has 0 spiro atoms. The van der Waals surface area contributed by atoms with Crippen molar-refractivity contribution in [2.75, 3.05) is 7.05 Å². The third kappa shape index (κ3) is 2.65. The highest BCUT2D eigenvalue weighted by Crippen LogP contribution is 2.30. The van der Waals surface area contributed by atoms with Gasteiger partial charge in [-0.15, -0.1) is 0 Å². The zero-order valence-electron chi connectivity index (χ0n) is 11.0. The molecule has 0 aliphatic carbocycles. The number of aryl methyl sites for hydroxylation is 1. The van der Waals surface area contributed by atoms with Crippen molar-refractivity contribution in [1.29, 1.82) is 0 Å². The first-order valence-electron chi connectivity index (χ1n) is 5.79. The topological polar surface area (TPSA) is 93.5 Å². The van der Waals surface area contributed by atoms with Crippen LogP contribution in [-0.4, -0.2) is 24.1 Å². The van der Waals surface area contributed by atoms with Crippen LogP contribution in [0.3, 0.4) is 0 Å². The Morgan fingerprint density at radius 3 is 2.80 bits per heavy atom. The Balaban J connectivity index is 2.48. The second-order valence-electron chi connectivity index (χ2n) is 4.01. The van der Waals surface area contributed by atoms with E-state index in [4.69, 9.17) is 21.9 Å². The lowest BCUT2D eigenvalue weighted by Gasteiger charge is -2.05. The molecule has 0 atom stereocenters. The molecule has 0 saturated heterocycles. The molecular formula is C13H13ClN4O2.